The van der Waals surface area contributed by atoms with Crippen LogP contribution in [0.4, 0.5) is 5.82 Å². The van der Waals surface area contributed by atoms with Crippen LogP contribution < -0.4 is 10.2 Å². The van der Waals surface area contributed by atoms with E-state index in [0.29, 0.717) is 36.2 Å². The number of hydrogen-bond acceptors (Lipinski definition) is 8. The summed E-state index contributed by atoms with van der Waals surface area (Å²) in [4.78, 5) is 23.5. The summed E-state index contributed by atoms with van der Waals surface area (Å²) in [6.45, 7) is 3.78. The van der Waals surface area contributed by atoms with E-state index in [9.17, 15) is 10.1 Å². The fourth-order valence-corrected chi connectivity index (χ4v) is 4.57. The second-order valence-electron chi connectivity index (χ2n) is 9.32. The summed E-state index contributed by atoms with van der Waals surface area (Å²) in [7, 11) is 5.83. The van der Waals surface area contributed by atoms with Gasteiger partial charge in [-0.05, 0) is 45.3 Å². The molecule has 0 aliphatic carbocycles. The highest BCUT2D eigenvalue weighted by Crippen LogP contribution is 2.30. The Bertz CT molecular complexity index is 1330. The first-order valence-corrected chi connectivity index (χ1v) is 12.4. The maximum atomic E-state index is 12.5. The van der Waals surface area contributed by atoms with E-state index in [2.05, 4.69) is 26.3 Å². The fourth-order valence-electron chi connectivity index (χ4n) is 4.57. The Morgan fingerprint density at radius 3 is 2.65 bits per heavy atom. The molecular weight excluding hydrogens is 466 g/mol. The van der Waals surface area contributed by atoms with Gasteiger partial charge in [-0.25, -0.2) is 9.50 Å². The molecule has 3 aromatic rings. The van der Waals surface area contributed by atoms with Gasteiger partial charge in [-0.1, -0.05) is 0 Å². The summed E-state index contributed by atoms with van der Waals surface area (Å²) in [6, 6.07) is 8.17. The van der Waals surface area contributed by atoms with Crippen LogP contribution in [0.2, 0.25) is 0 Å². The molecule has 0 aromatic carbocycles. The van der Waals surface area contributed by atoms with E-state index in [1.807, 2.05) is 49.6 Å². The lowest BCUT2D eigenvalue weighted by atomic mass is 10.0. The minimum atomic E-state index is 0.222. The van der Waals surface area contributed by atoms with E-state index < -0.39 is 0 Å². The average Bonchev–Trinajstić information content (AvgIpc) is 3.34. The first-order valence-electron chi connectivity index (χ1n) is 12.4. The number of pyridine rings is 2. The first-order chi connectivity index (χ1) is 17.9. The van der Waals surface area contributed by atoms with Crippen LogP contribution >= 0.6 is 0 Å². The number of nitrogens with one attached hydrogen (secondary N) is 2. The van der Waals surface area contributed by atoms with Crippen molar-refractivity contribution in [2.75, 3.05) is 58.8 Å². The molecule has 1 aliphatic rings. The molecule has 2 N–H and O–H groups in total. The molecule has 0 radical (unpaired) electrons. The average molecular weight is 500 g/mol. The third kappa shape index (κ3) is 5.78. The van der Waals surface area contributed by atoms with Crippen molar-refractivity contribution in [3.8, 4) is 17.2 Å². The van der Waals surface area contributed by atoms with Crippen molar-refractivity contribution in [2.45, 2.75) is 12.8 Å². The van der Waals surface area contributed by atoms with E-state index in [1.165, 1.54) is 6.21 Å². The zero-order valence-electron chi connectivity index (χ0n) is 21.6. The number of anilines is 1. The van der Waals surface area contributed by atoms with Crippen LogP contribution in [-0.2, 0) is 4.79 Å². The largest absolute Gasteiger partial charge is 0.393 e. The minimum absolute atomic E-state index is 0.222. The lowest BCUT2D eigenvalue weighted by Gasteiger charge is -2.35. The Morgan fingerprint density at radius 2 is 2.03 bits per heavy atom. The number of amides is 1. The summed E-state index contributed by atoms with van der Waals surface area (Å²) >= 11 is 0. The van der Waals surface area contributed by atoms with E-state index >= 15 is 0 Å². The Labute approximate surface area is 217 Å². The molecule has 192 valence electrons. The second kappa shape index (κ2) is 11.7. The molecule has 0 spiro atoms. The number of aromatic nitrogens is 3. The third-order valence-corrected chi connectivity index (χ3v) is 6.53. The van der Waals surface area contributed by atoms with Gasteiger partial charge in [0.25, 0.3) is 0 Å². The summed E-state index contributed by atoms with van der Waals surface area (Å²) < 4.78 is 1.68. The standard InChI is InChI=1S/C27H33N9O/c1-30-16-22(14-28)21-13-24(27-23(15-29)18-32-36(27)19-21)20-6-7-25(31-17-20)34-9-11-35(12-10-34)26(37)5-4-8-33(2)3/h6-7,13-14,16-19,28,30H,4-5,8-12H2,1-3H3/b22-16+,28-14?. The predicted molar refractivity (Wildman–Crippen MR) is 146 cm³/mol. The van der Waals surface area contributed by atoms with E-state index in [-0.39, 0.29) is 5.91 Å². The summed E-state index contributed by atoms with van der Waals surface area (Å²) in [5.74, 6) is 1.08. The quantitative estimate of drug-likeness (QED) is 0.435. The normalized spacial score (nSPS) is 14.2. The van der Waals surface area contributed by atoms with E-state index in [4.69, 9.17) is 10.4 Å². The molecule has 0 unspecified atom stereocenters. The maximum Gasteiger partial charge on any atom is 0.222 e. The van der Waals surface area contributed by atoms with Crippen LogP contribution in [-0.4, -0.2) is 90.4 Å². The van der Waals surface area contributed by atoms with Crippen molar-refractivity contribution < 1.29 is 4.79 Å². The third-order valence-electron chi connectivity index (χ3n) is 6.53. The Kier molecular flexibility index (Phi) is 8.15. The Morgan fingerprint density at radius 1 is 1.24 bits per heavy atom. The van der Waals surface area contributed by atoms with Crippen molar-refractivity contribution in [1.29, 1.82) is 10.7 Å². The molecule has 1 aliphatic heterocycles. The van der Waals surface area contributed by atoms with Crippen molar-refractivity contribution in [2.24, 2.45) is 0 Å². The number of fused-ring (bicyclic) bond motifs is 1. The SMILES string of the molecule is CN/C=C(\C=N)c1cc(-c2ccc(N3CCN(C(=O)CCCN(C)C)CC3)nc2)c2c(C#N)cnn2c1. The topological polar surface area (TPSA) is 117 Å². The number of carbonyl (C=O) groups excluding carboxylic acids is 1. The summed E-state index contributed by atoms with van der Waals surface area (Å²) in [5.41, 5.74) is 4.36. The van der Waals surface area contributed by atoms with Crippen molar-refractivity contribution in [1.82, 2.24) is 29.7 Å². The zero-order chi connectivity index (χ0) is 26.4. The molecule has 0 bridgehead atoms. The summed E-state index contributed by atoms with van der Waals surface area (Å²) in [6.07, 6.45) is 9.67. The molecule has 3 aromatic heterocycles. The molecular formula is C27H33N9O. The number of allylic oxidation sites excluding steroid dienone is 1. The van der Waals surface area contributed by atoms with Crippen LogP contribution in [0.25, 0.3) is 22.2 Å². The van der Waals surface area contributed by atoms with Crippen molar-refractivity contribution in [3.63, 3.8) is 0 Å². The van der Waals surface area contributed by atoms with Gasteiger partial charge in [0.1, 0.15) is 11.9 Å². The lowest BCUT2D eigenvalue weighted by molar-refractivity contribution is -0.131. The number of nitriles is 1. The van der Waals surface area contributed by atoms with Gasteiger partial charge in [-0.2, -0.15) is 10.4 Å². The van der Waals surface area contributed by atoms with Crippen LogP contribution in [0.5, 0.6) is 0 Å². The van der Waals surface area contributed by atoms with Crippen molar-refractivity contribution in [3.05, 3.63) is 54.1 Å². The highest BCUT2D eigenvalue weighted by molar-refractivity contribution is 6.08. The Hall–Kier alpha value is -4.23. The van der Waals surface area contributed by atoms with Gasteiger partial charge < -0.3 is 25.4 Å². The van der Waals surface area contributed by atoms with Gasteiger partial charge in [0.2, 0.25) is 5.91 Å². The molecule has 37 heavy (non-hydrogen) atoms. The van der Waals surface area contributed by atoms with Gasteiger partial charge in [-0.3, -0.25) is 4.79 Å². The fraction of sp³-hybridized carbons (Fsp3) is 0.370. The molecule has 10 nitrogen and oxygen atoms in total. The second-order valence-corrected chi connectivity index (χ2v) is 9.32. The molecule has 4 rings (SSSR count). The first kappa shape index (κ1) is 25.9. The maximum absolute atomic E-state index is 12.5. The molecule has 10 heteroatoms. The highest BCUT2D eigenvalue weighted by atomic mass is 16.2. The van der Waals surface area contributed by atoms with Gasteiger partial charge >= 0.3 is 0 Å². The molecule has 0 saturated carbocycles. The summed E-state index contributed by atoms with van der Waals surface area (Å²) in [5, 5.41) is 24.8. The predicted octanol–water partition coefficient (Wildman–Crippen LogP) is 2.47. The highest BCUT2D eigenvalue weighted by Gasteiger charge is 2.22. The molecule has 1 amide bonds. The number of carbonyl (C=O) groups is 1. The number of piperazine rings is 1. The van der Waals surface area contributed by atoms with Gasteiger partial charge in [0.05, 0.1) is 17.3 Å². The lowest BCUT2D eigenvalue weighted by Crippen LogP contribution is -2.49. The van der Waals surface area contributed by atoms with Gasteiger partial charge in [0.15, 0.2) is 0 Å². The molecule has 1 saturated heterocycles. The van der Waals surface area contributed by atoms with Crippen LogP contribution in [0, 0.1) is 16.7 Å². The monoisotopic (exact) mass is 499 g/mol. The number of nitrogens with zero attached hydrogens (tertiary/aromatic N) is 7. The van der Waals surface area contributed by atoms with Crippen molar-refractivity contribution >= 4 is 29.0 Å². The van der Waals surface area contributed by atoms with Crippen LogP contribution in [0.3, 0.4) is 0 Å². The minimum Gasteiger partial charge on any atom is -0.393 e. The zero-order valence-corrected chi connectivity index (χ0v) is 21.6. The van der Waals surface area contributed by atoms with Gasteiger partial charge in [-0.15, -0.1) is 0 Å². The van der Waals surface area contributed by atoms with Gasteiger partial charge in [0, 0.05) is 86.7 Å². The van der Waals surface area contributed by atoms with E-state index in [1.54, 1.807) is 24.0 Å². The molecule has 0 atom stereocenters. The smallest absolute Gasteiger partial charge is 0.222 e. The number of hydrogen-bond donors (Lipinski definition) is 2. The number of rotatable bonds is 9. The Balaban J connectivity index is 1.53. The van der Waals surface area contributed by atoms with Crippen LogP contribution in [0.1, 0.15) is 24.0 Å². The van der Waals surface area contributed by atoms with E-state index in [0.717, 1.165) is 48.6 Å². The molecule has 4 heterocycles. The van der Waals surface area contributed by atoms with Crippen LogP contribution in [0.15, 0.2) is 43.0 Å². The molecule has 1 fully saturated rings.